The van der Waals surface area contributed by atoms with Gasteiger partial charge in [0.1, 0.15) is 12.4 Å². The zero-order chi connectivity index (χ0) is 18.6. The van der Waals surface area contributed by atoms with Crippen LogP contribution in [0.4, 0.5) is 0 Å². The number of nitrogens with one attached hydrogen (secondary N) is 1. The number of nitrogens with zero attached hydrogens (tertiary/aromatic N) is 2. The van der Waals surface area contributed by atoms with Gasteiger partial charge < -0.3 is 19.5 Å². The van der Waals surface area contributed by atoms with Gasteiger partial charge in [0.2, 0.25) is 6.10 Å². The quantitative estimate of drug-likeness (QED) is 0.751. The molecular weight excluding hydrogens is 346 g/mol. The summed E-state index contributed by atoms with van der Waals surface area (Å²) in [4.78, 5) is 12.4. The van der Waals surface area contributed by atoms with Crippen LogP contribution < -0.4 is 19.5 Å². The maximum atomic E-state index is 12.4. The molecule has 0 radical (unpaired) electrons. The van der Waals surface area contributed by atoms with Crippen molar-refractivity contribution in [3.8, 4) is 22.9 Å². The molecule has 27 heavy (non-hydrogen) atoms. The number of fused-ring (bicyclic) bond motifs is 1. The smallest absolute Gasteiger partial charge is 0.265 e. The summed E-state index contributed by atoms with van der Waals surface area (Å²) in [5.41, 5.74) is 1.66. The number of para-hydroxylation sites is 2. The summed E-state index contributed by atoms with van der Waals surface area (Å²) in [6, 6.07) is 16.7. The lowest BCUT2D eigenvalue weighted by Gasteiger charge is -2.25. The van der Waals surface area contributed by atoms with Crippen LogP contribution in [0.25, 0.3) is 5.69 Å². The molecule has 0 bridgehead atoms. The van der Waals surface area contributed by atoms with Crippen molar-refractivity contribution in [1.29, 1.82) is 0 Å². The van der Waals surface area contributed by atoms with Gasteiger partial charge in [0, 0.05) is 6.20 Å². The first kappa shape index (κ1) is 17.0. The number of aromatic nitrogens is 2. The van der Waals surface area contributed by atoms with Gasteiger partial charge in [-0.05, 0) is 42.5 Å². The minimum atomic E-state index is -0.677. The zero-order valence-electron chi connectivity index (χ0n) is 14.8. The van der Waals surface area contributed by atoms with Crippen molar-refractivity contribution >= 4 is 5.91 Å². The molecule has 1 unspecified atom stereocenters. The Bertz CT molecular complexity index is 936. The highest BCUT2D eigenvalue weighted by Gasteiger charge is 2.27. The molecule has 138 valence electrons. The Morgan fingerprint density at radius 3 is 2.74 bits per heavy atom. The fraction of sp³-hybridized carbons (Fsp3) is 0.200. The molecule has 0 fully saturated rings. The molecule has 0 saturated heterocycles. The van der Waals surface area contributed by atoms with Crippen LogP contribution in [0.15, 0.2) is 60.8 Å². The Labute approximate surface area is 156 Å². The van der Waals surface area contributed by atoms with Gasteiger partial charge in [-0.1, -0.05) is 12.1 Å². The summed E-state index contributed by atoms with van der Waals surface area (Å²) in [5, 5.41) is 7.32. The molecule has 3 aromatic rings. The molecular formula is C20H19N3O4. The zero-order valence-corrected chi connectivity index (χ0v) is 14.8. The first-order valence-electron chi connectivity index (χ1n) is 8.58. The van der Waals surface area contributed by atoms with Crippen molar-refractivity contribution in [3.05, 3.63) is 66.5 Å². The minimum Gasteiger partial charge on any atom is -0.497 e. The van der Waals surface area contributed by atoms with E-state index in [1.54, 1.807) is 17.9 Å². The Morgan fingerprint density at radius 2 is 1.96 bits per heavy atom. The summed E-state index contributed by atoms with van der Waals surface area (Å²) >= 11 is 0. The van der Waals surface area contributed by atoms with Crippen molar-refractivity contribution in [2.75, 3.05) is 13.7 Å². The Balaban J connectivity index is 1.35. The number of carbonyl (C=O) groups excluding carboxylic acids is 1. The van der Waals surface area contributed by atoms with Crippen molar-refractivity contribution in [2.45, 2.75) is 12.6 Å². The molecule has 1 amide bonds. The lowest BCUT2D eigenvalue weighted by Crippen LogP contribution is -2.43. The second-order valence-corrected chi connectivity index (χ2v) is 6.03. The van der Waals surface area contributed by atoms with Gasteiger partial charge in [0.05, 0.1) is 25.0 Å². The molecule has 1 aromatic heterocycles. The van der Waals surface area contributed by atoms with Gasteiger partial charge in [-0.3, -0.25) is 4.79 Å². The molecule has 0 saturated carbocycles. The van der Waals surface area contributed by atoms with E-state index in [1.165, 1.54) is 0 Å². The van der Waals surface area contributed by atoms with E-state index < -0.39 is 6.10 Å². The predicted octanol–water partition coefficient (Wildman–Crippen LogP) is 2.34. The van der Waals surface area contributed by atoms with E-state index in [2.05, 4.69) is 10.4 Å². The van der Waals surface area contributed by atoms with Gasteiger partial charge in [0.15, 0.2) is 11.5 Å². The fourth-order valence-electron chi connectivity index (χ4n) is 2.77. The molecule has 1 aliphatic rings. The van der Waals surface area contributed by atoms with Crippen LogP contribution in [0.2, 0.25) is 0 Å². The standard InChI is InChI=1S/C20H19N3O4/c1-25-16-8-6-15(7-9-16)23-11-10-14(22-23)12-21-20(24)19-13-26-17-4-2-3-5-18(17)27-19/h2-11,19H,12-13H2,1H3,(H,21,24). The molecule has 0 spiro atoms. The third kappa shape index (κ3) is 3.72. The molecule has 0 aliphatic carbocycles. The van der Waals surface area contributed by atoms with Crippen LogP contribution >= 0.6 is 0 Å². The number of hydrogen-bond donors (Lipinski definition) is 1. The highest BCUT2D eigenvalue weighted by molar-refractivity contribution is 5.81. The van der Waals surface area contributed by atoms with E-state index >= 15 is 0 Å². The Hall–Kier alpha value is -3.48. The maximum Gasteiger partial charge on any atom is 0.265 e. The van der Waals surface area contributed by atoms with Crippen LogP contribution in [0.1, 0.15) is 5.69 Å². The molecule has 7 heteroatoms. The molecule has 2 aromatic carbocycles. The summed E-state index contributed by atoms with van der Waals surface area (Å²) in [6.07, 6.45) is 1.17. The second-order valence-electron chi connectivity index (χ2n) is 6.03. The van der Waals surface area contributed by atoms with E-state index in [0.29, 0.717) is 18.0 Å². The largest absolute Gasteiger partial charge is 0.497 e. The summed E-state index contributed by atoms with van der Waals surface area (Å²) in [7, 11) is 1.63. The average Bonchev–Trinajstić information content (AvgIpc) is 3.21. The number of ether oxygens (including phenoxy) is 3. The third-order valence-electron chi connectivity index (χ3n) is 4.23. The van der Waals surface area contributed by atoms with Gasteiger partial charge in [-0.2, -0.15) is 5.10 Å². The predicted molar refractivity (Wildman–Crippen MR) is 98.3 cm³/mol. The van der Waals surface area contributed by atoms with Crippen molar-refractivity contribution in [2.24, 2.45) is 0 Å². The summed E-state index contributed by atoms with van der Waals surface area (Å²) in [6.45, 7) is 0.493. The maximum absolute atomic E-state index is 12.4. The van der Waals surface area contributed by atoms with Gasteiger partial charge in [0.25, 0.3) is 5.91 Å². The molecule has 1 aliphatic heterocycles. The van der Waals surface area contributed by atoms with Gasteiger partial charge in [-0.15, -0.1) is 0 Å². The summed E-state index contributed by atoms with van der Waals surface area (Å²) < 4.78 is 18.2. The van der Waals surface area contributed by atoms with E-state index in [9.17, 15) is 4.79 Å². The number of rotatable bonds is 5. The SMILES string of the molecule is COc1ccc(-n2ccc(CNC(=O)C3COc4ccccc4O3)n2)cc1. The number of methoxy groups -OCH3 is 1. The number of benzene rings is 2. The lowest BCUT2D eigenvalue weighted by molar-refractivity contribution is -0.130. The minimum absolute atomic E-state index is 0.184. The normalized spacial score (nSPS) is 15.2. The Kier molecular flexibility index (Phi) is 4.65. The molecule has 1 N–H and O–H groups in total. The average molecular weight is 365 g/mol. The first-order chi connectivity index (χ1) is 13.2. The lowest BCUT2D eigenvalue weighted by atomic mass is 10.2. The number of amides is 1. The van der Waals surface area contributed by atoms with Crippen LogP contribution in [0.3, 0.4) is 0 Å². The summed E-state index contributed by atoms with van der Waals surface area (Å²) in [5.74, 6) is 1.78. The topological polar surface area (TPSA) is 74.6 Å². The van der Waals surface area contributed by atoms with E-state index in [4.69, 9.17) is 14.2 Å². The molecule has 2 heterocycles. The van der Waals surface area contributed by atoms with E-state index in [0.717, 1.165) is 17.1 Å². The van der Waals surface area contributed by atoms with Crippen molar-refractivity contribution < 1.29 is 19.0 Å². The highest BCUT2D eigenvalue weighted by Crippen LogP contribution is 2.30. The molecule has 1 atom stereocenters. The third-order valence-corrected chi connectivity index (χ3v) is 4.23. The Morgan fingerprint density at radius 1 is 1.19 bits per heavy atom. The van der Waals surface area contributed by atoms with E-state index in [1.807, 2.05) is 54.7 Å². The van der Waals surface area contributed by atoms with Gasteiger partial charge in [-0.25, -0.2) is 4.68 Å². The van der Waals surface area contributed by atoms with Gasteiger partial charge >= 0.3 is 0 Å². The number of hydrogen-bond acceptors (Lipinski definition) is 5. The monoisotopic (exact) mass is 365 g/mol. The molecule has 7 nitrogen and oxygen atoms in total. The van der Waals surface area contributed by atoms with Crippen LogP contribution in [0, 0.1) is 0 Å². The van der Waals surface area contributed by atoms with Crippen LogP contribution in [-0.4, -0.2) is 35.5 Å². The van der Waals surface area contributed by atoms with Crippen LogP contribution in [-0.2, 0) is 11.3 Å². The molecule has 4 rings (SSSR count). The van der Waals surface area contributed by atoms with Crippen LogP contribution in [0.5, 0.6) is 17.2 Å². The van der Waals surface area contributed by atoms with Crippen molar-refractivity contribution in [1.82, 2.24) is 15.1 Å². The van der Waals surface area contributed by atoms with Crippen molar-refractivity contribution in [3.63, 3.8) is 0 Å². The van der Waals surface area contributed by atoms with E-state index in [-0.39, 0.29) is 12.5 Å². The number of carbonyl (C=O) groups is 1. The first-order valence-corrected chi connectivity index (χ1v) is 8.58. The second kappa shape index (κ2) is 7.41. The highest BCUT2D eigenvalue weighted by atomic mass is 16.6. The fourth-order valence-corrected chi connectivity index (χ4v) is 2.77.